The molecular formula is C11H18N4O3S2. The van der Waals surface area contributed by atoms with E-state index in [1.54, 1.807) is 6.92 Å². The lowest BCUT2D eigenvalue weighted by Gasteiger charge is -2.22. The van der Waals surface area contributed by atoms with Gasteiger partial charge in [0.05, 0.1) is 5.75 Å². The Morgan fingerprint density at radius 1 is 1.55 bits per heavy atom. The van der Waals surface area contributed by atoms with Gasteiger partial charge in [0, 0.05) is 18.1 Å². The van der Waals surface area contributed by atoms with Gasteiger partial charge in [0.15, 0.2) is 0 Å². The Morgan fingerprint density at radius 3 is 2.90 bits per heavy atom. The second-order valence-electron chi connectivity index (χ2n) is 4.72. The number of aryl methyl sites for hydroxylation is 1. The molecule has 1 atom stereocenters. The van der Waals surface area contributed by atoms with Gasteiger partial charge in [-0.25, -0.2) is 13.4 Å². The third-order valence-electron chi connectivity index (χ3n) is 3.08. The summed E-state index contributed by atoms with van der Waals surface area (Å²) in [5.74, 6) is 0.347. The van der Waals surface area contributed by atoms with E-state index in [1.807, 2.05) is 6.92 Å². The molecule has 20 heavy (non-hydrogen) atoms. The van der Waals surface area contributed by atoms with Gasteiger partial charge in [0.1, 0.15) is 11.9 Å². The van der Waals surface area contributed by atoms with E-state index >= 15 is 0 Å². The maximum absolute atomic E-state index is 12.2. The second kappa shape index (κ2) is 6.15. The van der Waals surface area contributed by atoms with E-state index in [-0.39, 0.29) is 11.7 Å². The summed E-state index contributed by atoms with van der Waals surface area (Å²) in [5, 5.41) is 3.06. The van der Waals surface area contributed by atoms with E-state index in [2.05, 4.69) is 14.7 Å². The van der Waals surface area contributed by atoms with Crippen molar-refractivity contribution in [1.29, 1.82) is 0 Å². The van der Waals surface area contributed by atoms with Gasteiger partial charge in [0.25, 0.3) is 0 Å². The summed E-state index contributed by atoms with van der Waals surface area (Å²) in [6.07, 6.45) is 1.80. The highest BCUT2D eigenvalue weighted by Crippen LogP contribution is 2.23. The monoisotopic (exact) mass is 318 g/mol. The molecule has 1 fully saturated rings. The van der Waals surface area contributed by atoms with E-state index in [0.29, 0.717) is 36.8 Å². The van der Waals surface area contributed by atoms with E-state index in [1.165, 1.54) is 4.31 Å². The highest BCUT2D eigenvalue weighted by atomic mass is 32.2. The minimum absolute atomic E-state index is 0.0781. The van der Waals surface area contributed by atoms with Crippen molar-refractivity contribution in [3.63, 3.8) is 0 Å². The first kappa shape index (κ1) is 15.3. The highest BCUT2D eigenvalue weighted by Gasteiger charge is 2.38. The molecule has 0 aliphatic carbocycles. The topological polar surface area (TPSA) is 92.3 Å². The van der Waals surface area contributed by atoms with Crippen molar-refractivity contribution in [2.75, 3.05) is 17.6 Å². The predicted molar refractivity (Wildman–Crippen MR) is 77.1 cm³/mol. The number of rotatable bonds is 5. The lowest BCUT2D eigenvalue weighted by molar-refractivity contribution is -0.119. The van der Waals surface area contributed by atoms with Crippen LogP contribution in [0.1, 0.15) is 32.0 Å². The minimum atomic E-state index is -3.35. The minimum Gasteiger partial charge on any atom is -0.299 e. The molecule has 1 saturated heterocycles. The van der Waals surface area contributed by atoms with Crippen molar-refractivity contribution in [3.8, 4) is 0 Å². The summed E-state index contributed by atoms with van der Waals surface area (Å²) < 4.78 is 29.5. The van der Waals surface area contributed by atoms with Gasteiger partial charge in [-0.1, -0.05) is 6.92 Å². The third kappa shape index (κ3) is 3.33. The molecule has 0 bridgehead atoms. The number of nitrogens with one attached hydrogen (secondary N) is 1. The largest absolute Gasteiger partial charge is 0.299 e. The van der Waals surface area contributed by atoms with Crippen LogP contribution in [-0.4, -0.2) is 46.3 Å². The number of carbonyl (C=O) groups excluding carboxylic acids is 1. The molecule has 1 aromatic heterocycles. The fraction of sp³-hybridized carbons (Fsp3) is 0.727. The van der Waals surface area contributed by atoms with E-state index in [4.69, 9.17) is 0 Å². The average molecular weight is 318 g/mol. The summed E-state index contributed by atoms with van der Waals surface area (Å²) in [4.78, 5) is 16.3. The molecule has 7 nitrogen and oxygen atoms in total. The Labute approximate surface area is 122 Å². The first-order chi connectivity index (χ1) is 9.44. The van der Waals surface area contributed by atoms with Crippen LogP contribution in [0.15, 0.2) is 0 Å². The van der Waals surface area contributed by atoms with E-state index in [0.717, 1.165) is 11.5 Å². The maximum atomic E-state index is 12.2. The summed E-state index contributed by atoms with van der Waals surface area (Å²) in [5.41, 5.74) is 0. The molecule has 2 heterocycles. The van der Waals surface area contributed by atoms with Gasteiger partial charge in [-0.15, -0.1) is 0 Å². The maximum Gasteiger partial charge on any atom is 0.244 e. The lowest BCUT2D eigenvalue weighted by atomic mass is 10.2. The molecule has 0 aromatic carbocycles. The Bertz CT molecular complexity index is 584. The van der Waals surface area contributed by atoms with Crippen LogP contribution < -0.4 is 5.32 Å². The van der Waals surface area contributed by atoms with Gasteiger partial charge in [-0.05, 0) is 26.2 Å². The van der Waals surface area contributed by atoms with Crippen LogP contribution in [0.3, 0.4) is 0 Å². The van der Waals surface area contributed by atoms with Gasteiger partial charge >= 0.3 is 0 Å². The fourth-order valence-electron chi connectivity index (χ4n) is 2.25. The highest BCUT2D eigenvalue weighted by molar-refractivity contribution is 7.89. The SMILES string of the molecule is CCCS(=O)(=O)N1CCCC1C(=O)Nc1nc(C)ns1. The van der Waals surface area contributed by atoms with Gasteiger partial charge in [-0.3, -0.25) is 10.1 Å². The molecule has 0 radical (unpaired) electrons. The van der Waals surface area contributed by atoms with Crippen molar-refractivity contribution in [3.05, 3.63) is 5.82 Å². The zero-order valence-corrected chi connectivity index (χ0v) is 13.1. The summed E-state index contributed by atoms with van der Waals surface area (Å²) in [6, 6.07) is -0.629. The molecule has 0 saturated carbocycles. The quantitative estimate of drug-likeness (QED) is 0.874. The number of sulfonamides is 1. The Morgan fingerprint density at radius 2 is 2.30 bits per heavy atom. The Hall–Kier alpha value is -1.06. The van der Waals surface area contributed by atoms with Crippen LogP contribution in [-0.2, 0) is 14.8 Å². The molecule has 1 N–H and O–H groups in total. The summed E-state index contributed by atoms with van der Waals surface area (Å²) in [6.45, 7) is 3.96. The van der Waals surface area contributed by atoms with Gasteiger partial charge in [-0.2, -0.15) is 8.68 Å². The lowest BCUT2D eigenvalue weighted by Crippen LogP contribution is -2.44. The van der Waals surface area contributed by atoms with Gasteiger partial charge < -0.3 is 0 Å². The van der Waals surface area contributed by atoms with Crippen LogP contribution in [0.5, 0.6) is 0 Å². The standard InChI is InChI=1S/C11H18N4O3S2/c1-3-7-20(17,18)15-6-4-5-9(15)10(16)13-11-12-8(2)14-19-11/h9H,3-7H2,1-2H3,(H,12,13,14,16). The molecule has 1 aliphatic rings. The van der Waals surface area contributed by atoms with Gasteiger partial charge in [0.2, 0.25) is 21.1 Å². The van der Waals surface area contributed by atoms with Crippen LogP contribution in [0, 0.1) is 6.92 Å². The number of amides is 1. The van der Waals surface area contributed by atoms with Crippen LogP contribution in [0.2, 0.25) is 0 Å². The molecule has 1 unspecified atom stereocenters. The second-order valence-corrected chi connectivity index (χ2v) is 7.51. The fourth-order valence-corrected chi connectivity index (χ4v) is 4.57. The molecule has 9 heteroatoms. The number of carbonyl (C=O) groups is 1. The molecular weight excluding hydrogens is 300 g/mol. The molecule has 1 aliphatic heterocycles. The summed E-state index contributed by atoms with van der Waals surface area (Å²) in [7, 11) is -3.35. The molecule has 0 spiro atoms. The van der Waals surface area contributed by atoms with Crippen LogP contribution in [0.25, 0.3) is 0 Å². The van der Waals surface area contributed by atoms with Crippen LogP contribution in [0.4, 0.5) is 5.13 Å². The molecule has 1 amide bonds. The van der Waals surface area contributed by atoms with E-state index in [9.17, 15) is 13.2 Å². The summed E-state index contributed by atoms with van der Waals surface area (Å²) >= 11 is 1.09. The molecule has 1 aromatic rings. The van der Waals surface area contributed by atoms with Crippen molar-refractivity contribution < 1.29 is 13.2 Å². The normalized spacial score (nSPS) is 20.2. The number of hydrogen-bond donors (Lipinski definition) is 1. The molecule has 2 rings (SSSR count). The Kier molecular flexibility index (Phi) is 4.71. The number of aromatic nitrogens is 2. The molecule has 112 valence electrons. The smallest absolute Gasteiger partial charge is 0.244 e. The predicted octanol–water partition coefficient (Wildman–Crippen LogP) is 0.989. The van der Waals surface area contributed by atoms with Crippen molar-refractivity contribution in [2.45, 2.75) is 39.2 Å². The number of hydrogen-bond acceptors (Lipinski definition) is 6. The number of nitrogens with zero attached hydrogens (tertiary/aromatic N) is 3. The van der Waals surface area contributed by atoms with E-state index < -0.39 is 16.1 Å². The zero-order valence-electron chi connectivity index (χ0n) is 11.5. The van der Waals surface area contributed by atoms with Crippen molar-refractivity contribution in [1.82, 2.24) is 13.7 Å². The number of anilines is 1. The van der Waals surface area contributed by atoms with Crippen molar-refractivity contribution >= 4 is 32.6 Å². The average Bonchev–Trinajstić information content (AvgIpc) is 2.98. The Balaban J connectivity index is 2.08. The van der Waals surface area contributed by atoms with Crippen LogP contribution >= 0.6 is 11.5 Å². The zero-order chi connectivity index (χ0) is 14.8. The third-order valence-corrected chi connectivity index (χ3v) is 5.88. The van der Waals surface area contributed by atoms with Crippen molar-refractivity contribution in [2.24, 2.45) is 0 Å². The first-order valence-corrected chi connectivity index (χ1v) is 8.93. The first-order valence-electron chi connectivity index (χ1n) is 6.54.